The zero-order chi connectivity index (χ0) is 17.5. The van der Waals surface area contributed by atoms with E-state index in [1.54, 1.807) is 0 Å². The summed E-state index contributed by atoms with van der Waals surface area (Å²) in [7, 11) is 0. The van der Waals surface area contributed by atoms with Crippen molar-refractivity contribution < 1.29 is 9.84 Å². The standard InChI is InChI=1S/C21H24N2O2/c1-2-20-21(18-11-7-4-8-12-18)22-16-23(20)19(13-24)15-25-14-17-9-5-3-6-10-17/h3-12,16,19,24H,2,13-15H2,1H3/t19-/m1/s1. The molecule has 3 rings (SSSR count). The van der Waals surface area contributed by atoms with Crippen LogP contribution in [-0.2, 0) is 17.8 Å². The Balaban J connectivity index is 1.73. The Morgan fingerprint density at radius 3 is 2.36 bits per heavy atom. The van der Waals surface area contributed by atoms with Gasteiger partial charge in [-0.15, -0.1) is 0 Å². The maximum atomic E-state index is 9.85. The number of aliphatic hydroxyl groups is 1. The molecule has 4 heteroatoms. The predicted molar refractivity (Wildman–Crippen MR) is 99.3 cm³/mol. The van der Waals surface area contributed by atoms with Crippen LogP contribution in [-0.4, -0.2) is 27.9 Å². The monoisotopic (exact) mass is 336 g/mol. The lowest BCUT2D eigenvalue weighted by atomic mass is 10.1. The van der Waals surface area contributed by atoms with E-state index in [1.807, 2.05) is 59.4 Å². The molecule has 0 aliphatic heterocycles. The van der Waals surface area contributed by atoms with Crippen molar-refractivity contribution in [1.82, 2.24) is 9.55 Å². The van der Waals surface area contributed by atoms with Crippen molar-refractivity contribution in [3.63, 3.8) is 0 Å². The van der Waals surface area contributed by atoms with Crippen LogP contribution in [0.25, 0.3) is 11.3 Å². The molecule has 1 atom stereocenters. The molecular formula is C21H24N2O2. The molecule has 0 unspecified atom stereocenters. The normalized spacial score (nSPS) is 12.2. The van der Waals surface area contributed by atoms with Gasteiger partial charge in [-0.2, -0.15) is 0 Å². The van der Waals surface area contributed by atoms with E-state index in [2.05, 4.69) is 24.0 Å². The van der Waals surface area contributed by atoms with Gasteiger partial charge >= 0.3 is 0 Å². The second kappa shape index (κ2) is 8.60. The van der Waals surface area contributed by atoms with E-state index in [-0.39, 0.29) is 12.6 Å². The predicted octanol–water partition coefficient (Wildman–Crippen LogP) is 3.86. The van der Waals surface area contributed by atoms with Crippen LogP contribution in [0.2, 0.25) is 0 Å². The second-order valence-corrected chi connectivity index (χ2v) is 6.00. The largest absolute Gasteiger partial charge is 0.394 e. The molecule has 130 valence electrons. The first-order chi connectivity index (χ1) is 12.3. The Hall–Kier alpha value is -2.43. The molecule has 3 aromatic rings. The van der Waals surface area contributed by atoms with E-state index in [1.165, 1.54) is 0 Å². The van der Waals surface area contributed by atoms with Crippen molar-refractivity contribution in [2.75, 3.05) is 13.2 Å². The summed E-state index contributed by atoms with van der Waals surface area (Å²) in [5, 5.41) is 9.85. The molecule has 2 aromatic carbocycles. The summed E-state index contributed by atoms with van der Waals surface area (Å²) in [5.74, 6) is 0. The lowest BCUT2D eigenvalue weighted by Crippen LogP contribution is -2.20. The molecule has 0 saturated heterocycles. The summed E-state index contributed by atoms with van der Waals surface area (Å²) in [5.41, 5.74) is 4.32. The van der Waals surface area contributed by atoms with Gasteiger partial charge in [0.15, 0.2) is 0 Å². The average molecular weight is 336 g/mol. The summed E-state index contributed by atoms with van der Waals surface area (Å²) < 4.78 is 7.88. The first-order valence-electron chi connectivity index (χ1n) is 8.67. The van der Waals surface area contributed by atoms with Gasteiger partial charge in [0.25, 0.3) is 0 Å². The number of ether oxygens (including phenoxy) is 1. The molecule has 0 aliphatic carbocycles. The minimum absolute atomic E-state index is 0.0202. The van der Waals surface area contributed by atoms with Crippen LogP contribution in [0.3, 0.4) is 0 Å². The van der Waals surface area contributed by atoms with E-state index in [4.69, 9.17) is 4.74 Å². The Kier molecular flexibility index (Phi) is 5.99. The lowest BCUT2D eigenvalue weighted by molar-refractivity contribution is 0.0662. The van der Waals surface area contributed by atoms with Gasteiger partial charge in [0.05, 0.1) is 37.9 Å². The molecule has 1 N–H and O–H groups in total. The fourth-order valence-electron chi connectivity index (χ4n) is 3.00. The highest BCUT2D eigenvalue weighted by atomic mass is 16.5. The van der Waals surface area contributed by atoms with Gasteiger partial charge < -0.3 is 14.4 Å². The van der Waals surface area contributed by atoms with Crippen molar-refractivity contribution in [2.24, 2.45) is 0 Å². The number of imidazole rings is 1. The Morgan fingerprint density at radius 2 is 1.72 bits per heavy atom. The number of hydrogen-bond donors (Lipinski definition) is 1. The van der Waals surface area contributed by atoms with E-state index in [0.717, 1.165) is 28.9 Å². The van der Waals surface area contributed by atoms with Crippen LogP contribution in [0.5, 0.6) is 0 Å². The van der Waals surface area contributed by atoms with Gasteiger partial charge in [0.2, 0.25) is 0 Å². The summed E-state index contributed by atoms with van der Waals surface area (Å²) in [6, 6.07) is 20.1. The molecule has 0 aliphatic rings. The van der Waals surface area contributed by atoms with Crippen LogP contribution in [0.15, 0.2) is 67.0 Å². The summed E-state index contributed by atoms with van der Waals surface area (Å²) in [6.07, 6.45) is 2.66. The third kappa shape index (κ3) is 4.16. The number of rotatable bonds is 8. The highest BCUT2D eigenvalue weighted by Gasteiger charge is 2.18. The minimum Gasteiger partial charge on any atom is -0.394 e. The third-order valence-corrected chi connectivity index (χ3v) is 4.30. The molecule has 4 nitrogen and oxygen atoms in total. The van der Waals surface area contributed by atoms with E-state index in [0.29, 0.717) is 13.2 Å². The molecule has 1 aromatic heterocycles. The van der Waals surface area contributed by atoms with Crippen LogP contribution in [0.1, 0.15) is 24.2 Å². The van der Waals surface area contributed by atoms with Gasteiger partial charge in [-0.3, -0.25) is 0 Å². The fourth-order valence-corrected chi connectivity index (χ4v) is 3.00. The Labute approximate surface area is 148 Å². The molecule has 25 heavy (non-hydrogen) atoms. The van der Waals surface area contributed by atoms with Gasteiger partial charge in [0.1, 0.15) is 0 Å². The second-order valence-electron chi connectivity index (χ2n) is 6.00. The SMILES string of the molecule is CCc1c(-c2ccccc2)ncn1[C@H](CO)COCc1ccccc1. The van der Waals surface area contributed by atoms with Gasteiger partial charge in [-0.1, -0.05) is 67.6 Å². The lowest BCUT2D eigenvalue weighted by Gasteiger charge is -2.19. The van der Waals surface area contributed by atoms with Crippen molar-refractivity contribution in [2.45, 2.75) is 26.0 Å². The number of aliphatic hydroxyl groups excluding tert-OH is 1. The quantitative estimate of drug-likeness (QED) is 0.679. The number of aromatic nitrogens is 2. The summed E-state index contributed by atoms with van der Waals surface area (Å²) in [4.78, 5) is 4.59. The average Bonchev–Trinajstić information content (AvgIpc) is 3.10. The number of benzene rings is 2. The number of hydrogen-bond acceptors (Lipinski definition) is 3. The zero-order valence-electron chi connectivity index (χ0n) is 14.5. The summed E-state index contributed by atoms with van der Waals surface area (Å²) in [6.45, 7) is 3.12. The van der Waals surface area contributed by atoms with Crippen molar-refractivity contribution in [3.8, 4) is 11.3 Å². The van der Waals surface area contributed by atoms with Crippen LogP contribution in [0, 0.1) is 0 Å². The van der Waals surface area contributed by atoms with Gasteiger partial charge in [0, 0.05) is 11.3 Å². The fraction of sp³-hybridized carbons (Fsp3) is 0.286. The summed E-state index contributed by atoms with van der Waals surface area (Å²) >= 11 is 0. The molecule has 0 fully saturated rings. The van der Waals surface area contributed by atoms with Crippen molar-refractivity contribution >= 4 is 0 Å². The Morgan fingerprint density at radius 1 is 1.04 bits per heavy atom. The third-order valence-electron chi connectivity index (χ3n) is 4.30. The molecule has 0 spiro atoms. The smallest absolute Gasteiger partial charge is 0.0960 e. The maximum Gasteiger partial charge on any atom is 0.0960 e. The maximum absolute atomic E-state index is 9.85. The highest BCUT2D eigenvalue weighted by molar-refractivity contribution is 5.61. The van der Waals surface area contributed by atoms with Gasteiger partial charge in [-0.25, -0.2) is 4.98 Å². The number of nitrogens with zero attached hydrogens (tertiary/aromatic N) is 2. The molecule has 1 heterocycles. The van der Waals surface area contributed by atoms with E-state index < -0.39 is 0 Å². The first-order valence-corrected chi connectivity index (χ1v) is 8.67. The molecule has 0 saturated carbocycles. The highest BCUT2D eigenvalue weighted by Crippen LogP contribution is 2.25. The molecule has 0 radical (unpaired) electrons. The van der Waals surface area contributed by atoms with Crippen LogP contribution >= 0.6 is 0 Å². The molecular weight excluding hydrogens is 312 g/mol. The topological polar surface area (TPSA) is 47.3 Å². The van der Waals surface area contributed by atoms with E-state index >= 15 is 0 Å². The zero-order valence-corrected chi connectivity index (χ0v) is 14.5. The van der Waals surface area contributed by atoms with Gasteiger partial charge in [-0.05, 0) is 12.0 Å². The van der Waals surface area contributed by atoms with Crippen LogP contribution < -0.4 is 0 Å². The van der Waals surface area contributed by atoms with E-state index in [9.17, 15) is 5.11 Å². The Bertz CT molecular complexity index is 769. The first kappa shape index (κ1) is 17.4. The minimum atomic E-state index is -0.136. The van der Waals surface area contributed by atoms with Crippen molar-refractivity contribution in [1.29, 1.82) is 0 Å². The van der Waals surface area contributed by atoms with Crippen molar-refractivity contribution in [3.05, 3.63) is 78.2 Å². The van der Waals surface area contributed by atoms with Crippen LogP contribution in [0.4, 0.5) is 0 Å². The molecule has 0 amide bonds. The molecule has 0 bridgehead atoms.